The lowest BCUT2D eigenvalue weighted by Gasteiger charge is -2.25. The third-order valence-corrected chi connectivity index (χ3v) is 9.66. The summed E-state index contributed by atoms with van der Waals surface area (Å²) < 4.78 is 49.4. The van der Waals surface area contributed by atoms with E-state index in [2.05, 4.69) is 39.6 Å². The predicted octanol–water partition coefficient (Wildman–Crippen LogP) is 7.57. The number of rotatable bonds is 14. The van der Waals surface area contributed by atoms with Crippen LogP contribution in [0, 0.1) is 5.82 Å². The lowest BCUT2D eigenvalue weighted by molar-refractivity contribution is -0.0457. The maximum Gasteiger partial charge on any atom is 0.189 e. The van der Waals surface area contributed by atoms with E-state index in [0.717, 1.165) is 40.2 Å². The first-order valence-corrected chi connectivity index (χ1v) is 17.6. The minimum atomic E-state index is -1.46. The molecule has 3 aromatic carbocycles. The molecule has 216 valence electrons. The molecule has 6 nitrogen and oxygen atoms in total. The van der Waals surface area contributed by atoms with Gasteiger partial charge in [0.05, 0.1) is 34.5 Å². The second kappa shape index (κ2) is 14.1. The Balaban J connectivity index is 1.43. The molecule has 1 aliphatic rings. The summed E-state index contributed by atoms with van der Waals surface area (Å²) in [6.07, 6.45) is 1.09. The van der Waals surface area contributed by atoms with Crippen LogP contribution in [-0.2, 0) is 20.6 Å². The molecule has 4 rings (SSSR count). The summed E-state index contributed by atoms with van der Waals surface area (Å²) in [6, 6.07) is 18.2. The third kappa shape index (κ3) is 8.07. The van der Waals surface area contributed by atoms with Gasteiger partial charge in [-0.05, 0) is 48.7 Å². The van der Waals surface area contributed by atoms with Crippen molar-refractivity contribution in [3.8, 4) is 28.4 Å². The van der Waals surface area contributed by atoms with Crippen LogP contribution in [-0.4, -0.2) is 47.0 Å². The highest BCUT2D eigenvalue weighted by molar-refractivity contribution is 6.77. The molecule has 3 aromatic rings. The van der Waals surface area contributed by atoms with Crippen LogP contribution in [0.15, 0.2) is 60.7 Å². The molecule has 0 N–H and O–H groups in total. The Labute approximate surface area is 238 Å². The molecule has 1 unspecified atom stereocenters. The van der Waals surface area contributed by atoms with Crippen molar-refractivity contribution in [2.75, 3.05) is 33.2 Å². The Morgan fingerprint density at radius 2 is 1.55 bits per heavy atom. The van der Waals surface area contributed by atoms with Crippen molar-refractivity contribution in [1.29, 1.82) is 0 Å². The Bertz CT molecular complexity index is 1220. The zero-order chi connectivity index (χ0) is 28.5. The lowest BCUT2D eigenvalue weighted by atomic mass is 10.00. The minimum Gasteiger partial charge on any atom is -0.493 e. The van der Waals surface area contributed by atoms with Gasteiger partial charge in [-0.2, -0.15) is 0 Å². The van der Waals surface area contributed by atoms with Crippen LogP contribution in [0.2, 0.25) is 19.6 Å². The zero-order valence-corrected chi connectivity index (χ0v) is 25.2. The number of aryl methyl sites for hydroxylation is 1. The van der Waals surface area contributed by atoms with Gasteiger partial charge >= 0.3 is 0 Å². The summed E-state index contributed by atoms with van der Waals surface area (Å²) in [4.78, 5) is 0. The Morgan fingerprint density at radius 1 is 0.875 bits per heavy atom. The summed E-state index contributed by atoms with van der Waals surface area (Å²) in [6.45, 7) is 13.2. The number of halogens is 1. The topological polar surface area (TPSA) is 55.4 Å². The van der Waals surface area contributed by atoms with Gasteiger partial charge in [-0.1, -0.05) is 56.9 Å². The van der Waals surface area contributed by atoms with Crippen LogP contribution >= 0.6 is 0 Å². The molecule has 1 atom stereocenters. The first-order chi connectivity index (χ1) is 19.3. The van der Waals surface area contributed by atoms with Crippen molar-refractivity contribution < 1.29 is 32.8 Å². The van der Waals surface area contributed by atoms with Crippen LogP contribution in [0.5, 0.6) is 17.2 Å². The summed E-state index contributed by atoms with van der Waals surface area (Å²) in [5.41, 5.74) is 3.84. The predicted molar refractivity (Wildman–Crippen MR) is 157 cm³/mol. The molecule has 0 saturated carbocycles. The number of hydrogen-bond acceptors (Lipinski definition) is 6. The number of para-hydroxylation sites is 1. The highest BCUT2D eigenvalue weighted by Crippen LogP contribution is 2.37. The average Bonchev–Trinajstić information content (AvgIpc) is 3.48. The standard InChI is InChI=1S/C32H41FO6Si/c1-6-24-20-28(25-12-14-26(33)15-13-25)31(39-22-38-23(2)40(3,4)5)21-30(24)35-17-9-16-34-29-11-8-7-10-27(29)32-36-18-19-37-32/h7-8,10-15,20-21,23,32H,6,9,16-19,22H2,1-5H3. The second-order valence-corrected chi connectivity index (χ2v) is 16.5. The average molecular weight is 569 g/mol. The Kier molecular flexibility index (Phi) is 10.6. The zero-order valence-electron chi connectivity index (χ0n) is 24.2. The molecule has 0 aromatic heterocycles. The molecule has 1 saturated heterocycles. The molecule has 0 spiro atoms. The highest BCUT2D eigenvalue weighted by Gasteiger charge is 2.24. The van der Waals surface area contributed by atoms with E-state index < -0.39 is 8.07 Å². The molecule has 0 radical (unpaired) electrons. The van der Waals surface area contributed by atoms with E-state index in [4.69, 9.17) is 28.4 Å². The fourth-order valence-corrected chi connectivity index (χ4v) is 4.78. The molecule has 1 heterocycles. The van der Waals surface area contributed by atoms with Gasteiger partial charge in [0.25, 0.3) is 0 Å². The monoisotopic (exact) mass is 568 g/mol. The van der Waals surface area contributed by atoms with Crippen LogP contribution in [0.4, 0.5) is 4.39 Å². The summed E-state index contributed by atoms with van der Waals surface area (Å²) in [5, 5.41) is 0. The van der Waals surface area contributed by atoms with Crippen LogP contribution in [0.25, 0.3) is 11.1 Å². The lowest BCUT2D eigenvalue weighted by Crippen LogP contribution is -2.38. The van der Waals surface area contributed by atoms with Gasteiger partial charge in [0, 0.05) is 29.3 Å². The van der Waals surface area contributed by atoms with Crippen molar-refractivity contribution in [1.82, 2.24) is 0 Å². The molecule has 1 aliphatic heterocycles. The maximum atomic E-state index is 13.6. The fourth-order valence-electron chi connectivity index (χ4n) is 4.21. The first kappa shape index (κ1) is 30.1. The van der Waals surface area contributed by atoms with E-state index in [1.54, 1.807) is 12.1 Å². The van der Waals surface area contributed by atoms with Crippen molar-refractivity contribution >= 4 is 8.07 Å². The summed E-state index contributed by atoms with van der Waals surface area (Å²) in [7, 11) is -1.46. The molecule has 0 aliphatic carbocycles. The van der Waals surface area contributed by atoms with Crippen LogP contribution in [0.3, 0.4) is 0 Å². The minimum absolute atomic E-state index is 0.131. The van der Waals surface area contributed by atoms with Crippen molar-refractivity contribution in [2.24, 2.45) is 0 Å². The van der Waals surface area contributed by atoms with E-state index in [9.17, 15) is 4.39 Å². The molecular weight excluding hydrogens is 527 g/mol. The number of benzene rings is 3. The maximum absolute atomic E-state index is 13.6. The van der Waals surface area contributed by atoms with E-state index in [0.29, 0.717) is 38.6 Å². The third-order valence-electron chi connectivity index (χ3n) is 7.05. The summed E-state index contributed by atoms with van der Waals surface area (Å²) in [5.74, 6) is 1.89. The van der Waals surface area contributed by atoms with Crippen molar-refractivity contribution in [2.45, 2.75) is 58.3 Å². The Morgan fingerprint density at radius 3 is 2.23 bits per heavy atom. The number of ether oxygens (including phenoxy) is 6. The van der Waals surface area contributed by atoms with Crippen LogP contribution < -0.4 is 14.2 Å². The van der Waals surface area contributed by atoms with Gasteiger partial charge in [-0.15, -0.1) is 0 Å². The normalized spacial score (nSPS) is 14.8. The number of hydrogen-bond donors (Lipinski definition) is 0. The molecular formula is C32H41FO6Si. The largest absolute Gasteiger partial charge is 0.493 e. The van der Waals surface area contributed by atoms with Crippen LogP contribution in [0.1, 0.15) is 37.7 Å². The highest BCUT2D eigenvalue weighted by atomic mass is 28.3. The SMILES string of the molecule is CCc1cc(-c2ccc(F)cc2)c(OCOC(C)[Si](C)(C)C)cc1OCCCOc1ccccc1C1OCCO1. The van der Waals surface area contributed by atoms with E-state index in [1.807, 2.05) is 30.3 Å². The summed E-state index contributed by atoms with van der Waals surface area (Å²) >= 11 is 0. The van der Waals surface area contributed by atoms with Crippen molar-refractivity contribution in [3.05, 3.63) is 77.6 Å². The smallest absolute Gasteiger partial charge is 0.189 e. The first-order valence-electron chi connectivity index (χ1n) is 14.0. The van der Waals surface area contributed by atoms with Gasteiger partial charge in [0.1, 0.15) is 23.1 Å². The van der Waals surface area contributed by atoms with Gasteiger partial charge in [0.15, 0.2) is 13.1 Å². The van der Waals surface area contributed by atoms with E-state index >= 15 is 0 Å². The van der Waals surface area contributed by atoms with Crippen molar-refractivity contribution in [3.63, 3.8) is 0 Å². The van der Waals surface area contributed by atoms with Gasteiger partial charge in [-0.3, -0.25) is 0 Å². The molecule has 1 fully saturated rings. The Hall–Kier alpha value is -2.91. The molecule has 0 amide bonds. The van der Waals surface area contributed by atoms with E-state index in [1.165, 1.54) is 12.1 Å². The van der Waals surface area contributed by atoms with Gasteiger partial charge in [-0.25, -0.2) is 4.39 Å². The molecule has 8 heteroatoms. The fraction of sp³-hybridized carbons (Fsp3) is 0.438. The molecule has 0 bridgehead atoms. The quantitative estimate of drug-likeness (QED) is 0.114. The van der Waals surface area contributed by atoms with E-state index in [-0.39, 0.29) is 24.6 Å². The molecule has 40 heavy (non-hydrogen) atoms. The second-order valence-electron chi connectivity index (χ2n) is 10.9. The van der Waals surface area contributed by atoms with Gasteiger partial charge < -0.3 is 28.4 Å². The van der Waals surface area contributed by atoms with Gasteiger partial charge in [0.2, 0.25) is 0 Å².